The Morgan fingerprint density at radius 2 is 1.76 bits per heavy atom. The third-order valence-electron chi connectivity index (χ3n) is 11.5. The Labute approximate surface area is 223 Å². The largest absolute Gasteiger partial charge is 0.481 e. The third kappa shape index (κ3) is 3.02. The van der Waals surface area contributed by atoms with Gasteiger partial charge in [-0.3, -0.25) is 14.4 Å². The van der Waals surface area contributed by atoms with Crippen molar-refractivity contribution < 1.29 is 29.4 Å². The second-order valence-corrected chi connectivity index (χ2v) is 13.4. The zero-order valence-electron chi connectivity index (χ0n) is 22.6. The summed E-state index contributed by atoms with van der Waals surface area (Å²) in [6, 6.07) is 6.10. The van der Waals surface area contributed by atoms with E-state index < -0.39 is 34.6 Å². The number of carboxylic acid groups (broad SMARTS) is 2. The lowest BCUT2D eigenvalue weighted by molar-refractivity contribution is -0.194. The fraction of sp³-hybridized carbons (Fsp3) is 0.613. The molecule has 3 saturated carbocycles. The highest BCUT2D eigenvalue weighted by atomic mass is 16.4. The number of benzene rings is 1. The van der Waals surface area contributed by atoms with Crippen molar-refractivity contribution in [1.82, 2.24) is 0 Å². The summed E-state index contributed by atoms with van der Waals surface area (Å²) < 4.78 is 0. The summed E-state index contributed by atoms with van der Waals surface area (Å²) in [6.45, 7) is 8.48. The summed E-state index contributed by atoms with van der Waals surface area (Å²) >= 11 is 0. The van der Waals surface area contributed by atoms with Crippen LogP contribution in [0.1, 0.15) is 76.6 Å². The Hall–Kier alpha value is -2.96. The highest BCUT2D eigenvalue weighted by Crippen LogP contribution is 2.74. The number of allylic oxidation sites excluding steroid dienone is 2. The molecule has 1 spiro atoms. The van der Waals surface area contributed by atoms with E-state index in [0.717, 1.165) is 25.7 Å². The Morgan fingerprint density at radius 1 is 1.03 bits per heavy atom. The van der Waals surface area contributed by atoms with Crippen LogP contribution < -0.4 is 4.90 Å². The smallest absolute Gasteiger partial charge is 0.335 e. The van der Waals surface area contributed by atoms with Gasteiger partial charge in [0.15, 0.2) is 0 Å². The van der Waals surface area contributed by atoms with E-state index in [2.05, 4.69) is 26.8 Å². The number of hydrogen-bond donors (Lipinski definition) is 2. The topological polar surface area (TPSA) is 112 Å². The van der Waals surface area contributed by atoms with Gasteiger partial charge in [-0.2, -0.15) is 0 Å². The van der Waals surface area contributed by atoms with E-state index in [1.54, 1.807) is 12.1 Å². The number of carbonyl (C=O) groups excluding carboxylic acids is 2. The molecule has 202 valence electrons. The van der Waals surface area contributed by atoms with Gasteiger partial charge in [0.2, 0.25) is 11.8 Å². The number of amides is 2. The molecule has 5 aliphatic carbocycles. The van der Waals surface area contributed by atoms with Crippen molar-refractivity contribution in [2.75, 3.05) is 4.90 Å². The molecule has 7 rings (SSSR count). The van der Waals surface area contributed by atoms with Gasteiger partial charge in [0.25, 0.3) is 0 Å². The highest BCUT2D eigenvalue weighted by Gasteiger charge is 2.73. The van der Waals surface area contributed by atoms with Gasteiger partial charge in [-0.15, -0.1) is 0 Å². The number of anilines is 1. The van der Waals surface area contributed by atoms with Crippen molar-refractivity contribution >= 4 is 29.4 Å². The van der Waals surface area contributed by atoms with Gasteiger partial charge >= 0.3 is 11.9 Å². The molecule has 38 heavy (non-hydrogen) atoms. The molecule has 0 unspecified atom stereocenters. The van der Waals surface area contributed by atoms with Crippen LogP contribution in [0.4, 0.5) is 5.69 Å². The fourth-order valence-corrected chi connectivity index (χ4v) is 9.99. The van der Waals surface area contributed by atoms with Crippen LogP contribution in [-0.2, 0) is 14.4 Å². The summed E-state index contributed by atoms with van der Waals surface area (Å²) in [4.78, 5) is 53.8. The normalized spacial score (nSPS) is 41.4. The molecule has 2 bridgehead atoms. The molecule has 8 atom stereocenters. The number of aromatic carboxylic acids is 1. The van der Waals surface area contributed by atoms with E-state index in [4.69, 9.17) is 0 Å². The molecule has 1 heterocycles. The zero-order valence-corrected chi connectivity index (χ0v) is 22.6. The van der Waals surface area contributed by atoms with E-state index in [9.17, 15) is 29.4 Å². The zero-order chi connectivity index (χ0) is 27.4. The molecular weight excluding hydrogens is 482 g/mol. The third-order valence-corrected chi connectivity index (χ3v) is 11.5. The van der Waals surface area contributed by atoms with Crippen molar-refractivity contribution in [2.45, 2.75) is 66.2 Å². The van der Waals surface area contributed by atoms with Crippen molar-refractivity contribution in [3.63, 3.8) is 0 Å². The van der Waals surface area contributed by atoms with Gasteiger partial charge in [0.1, 0.15) is 0 Å². The molecule has 7 heteroatoms. The lowest BCUT2D eigenvalue weighted by Gasteiger charge is -2.68. The monoisotopic (exact) mass is 519 g/mol. The van der Waals surface area contributed by atoms with Gasteiger partial charge < -0.3 is 10.2 Å². The van der Waals surface area contributed by atoms with Crippen LogP contribution >= 0.6 is 0 Å². The number of nitrogens with zero attached hydrogens (tertiary/aromatic N) is 1. The Balaban J connectivity index is 1.48. The number of rotatable bonds is 4. The van der Waals surface area contributed by atoms with E-state index in [0.29, 0.717) is 18.5 Å². The summed E-state index contributed by atoms with van der Waals surface area (Å²) in [6.07, 6.45) is 7.05. The minimum absolute atomic E-state index is 0.0288. The van der Waals surface area contributed by atoms with Crippen molar-refractivity contribution in [3.8, 4) is 0 Å². The molecule has 0 radical (unpaired) electrons. The predicted molar refractivity (Wildman–Crippen MR) is 140 cm³/mol. The molecule has 1 aromatic carbocycles. The maximum Gasteiger partial charge on any atom is 0.335 e. The molecule has 2 N–H and O–H groups in total. The number of carboxylic acids is 2. The van der Waals surface area contributed by atoms with E-state index in [1.807, 2.05) is 6.92 Å². The molecule has 6 aliphatic rings. The van der Waals surface area contributed by atoms with Gasteiger partial charge in [-0.05, 0) is 86.3 Å². The SMILES string of the molecule is CC(C)C1=C[C@]23CC[C@H]4[C@](C)(CCC[C@@]4(C)C(=O)O)[C@@H]2C[C@@H]1[C@H]1C(=O)N(c2cccc(C(=O)O)c2)C(=O)[C@H]13. The van der Waals surface area contributed by atoms with Crippen LogP contribution in [0.15, 0.2) is 35.9 Å². The summed E-state index contributed by atoms with van der Waals surface area (Å²) in [5.74, 6) is -2.89. The van der Waals surface area contributed by atoms with Crippen LogP contribution in [-0.4, -0.2) is 34.0 Å². The average Bonchev–Trinajstić information content (AvgIpc) is 3.15. The Morgan fingerprint density at radius 3 is 2.42 bits per heavy atom. The number of imide groups is 1. The van der Waals surface area contributed by atoms with Gasteiger partial charge in [0.05, 0.1) is 28.5 Å². The van der Waals surface area contributed by atoms with E-state index in [-0.39, 0.29) is 46.5 Å². The first-order valence-corrected chi connectivity index (χ1v) is 14.0. The number of aliphatic carboxylic acids is 1. The molecule has 2 amide bonds. The summed E-state index contributed by atoms with van der Waals surface area (Å²) in [5.41, 5.74) is 0.112. The first kappa shape index (κ1) is 25.3. The minimum Gasteiger partial charge on any atom is -0.481 e. The van der Waals surface area contributed by atoms with Gasteiger partial charge in [-0.1, -0.05) is 44.9 Å². The van der Waals surface area contributed by atoms with Crippen LogP contribution in [0.5, 0.6) is 0 Å². The first-order valence-electron chi connectivity index (χ1n) is 14.0. The minimum atomic E-state index is -1.10. The van der Waals surface area contributed by atoms with E-state index in [1.165, 1.54) is 22.6 Å². The van der Waals surface area contributed by atoms with Crippen LogP contribution in [0, 0.1) is 51.8 Å². The standard InChI is InChI=1S/C31H37NO6/c1-16(2)20-15-31-12-9-21-29(3,10-6-11-30(21,4)28(37)38)22(31)14-19(20)23-24(31)26(34)32(25(23)33)18-8-5-7-17(13-18)27(35)36/h5,7-8,13,15-16,19,21-24H,6,9-12,14H2,1-4H3,(H,35,36)(H,37,38)/t19-,21-,22-,23+,24-,29-,30+,31+/m0/s1. The maximum atomic E-state index is 14.3. The van der Waals surface area contributed by atoms with Crippen molar-refractivity contribution in [3.05, 3.63) is 41.5 Å². The quantitative estimate of drug-likeness (QED) is 0.407. The van der Waals surface area contributed by atoms with Gasteiger partial charge in [0, 0.05) is 5.41 Å². The summed E-state index contributed by atoms with van der Waals surface area (Å²) in [7, 11) is 0. The van der Waals surface area contributed by atoms with Crippen LogP contribution in [0.25, 0.3) is 0 Å². The molecule has 0 aromatic heterocycles. The van der Waals surface area contributed by atoms with Crippen molar-refractivity contribution in [1.29, 1.82) is 0 Å². The molecule has 7 nitrogen and oxygen atoms in total. The van der Waals surface area contributed by atoms with E-state index >= 15 is 0 Å². The molecular formula is C31H37NO6. The number of fused-ring (bicyclic) bond motifs is 1. The Bertz CT molecular complexity index is 1300. The predicted octanol–water partition coefficient (Wildman–Crippen LogP) is 5.40. The molecule has 1 aliphatic heterocycles. The second-order valence-electron chi connectivity index (χ2n) is 13.4. The molecule has 1 saturated heterocycles. The summed E-state index contributed by atoms with van der Waals surface area (Å²) in [5, 5.41) is 19.8. The number of hydrogen-bond acceptors (Lipinski definition) is 4. The lowest BCUT2D eigenvalue weighted by Crippen LogP contribution is -2.65. The highest BCUT2D eigenvalue weighted by molar-refractivity contribution is 6.23. The van der Waals surface area contributed by atoms with Crippen LogP contribution in [0.2, 0.25) is 0 Å². The fourth-order valence-electron chi connectivity index (χ4n) is 9.99. The van der Waals surface area contributed by atoms with Crippen LogP contribution in [0.3, 0.4) is 0 Å². The Kier molecular flexibility index (Phi) is 5.35. The van der Waals surface area contributed by atoms with Gasteiger partial charge in [-0.25, -0.2) is 9.69 Å². The molecule has 1 aromatic rings. The average molecular weight is 520 g/mol. The lowest BCUT2D eigenvalue weighted by atomic mass is 9.34. The molecule has 4 fully saturated rings. The second kappa shape index (κ2) is 8.03. The first-order chi connectivity index (χ1) is 17.9. The number of carbonyl (C=O) groups is 4. The maximum absolute atomic E-state index is 14.3. The van der Waals surface area contributed by atoms with Crippen molar-refractivity contribution in [2.24, 2.45) is 51.8 Å².